The summed E-state index contributed by atoms with van der Waals surface area (Å²) in [7, 11) is 0. The summed E-state index contributed by atoms with van der Waals surface area (Å²) in [5.41, 5.74) is 0.556. The largest absolute Gasteiger partial charge is 0.489 e. The number of furan rings is 1. The number of hydrogen-bond donors (Lipinski definition) is 0. The Kier molecular flexibility index (Phi) is 4.15. The van der Waals surface area contributed by atoms with Crippen LogP contribution < -0.4 is 9.64 Å². The number of carbonyl (C=O) groups is 1. The van der Waals surface area contributed by atoms with E-state index >= 15 is 0 Å². The van der Waals surface area contributed by atoms with Gasteiger partial charge in [0.1, 0.15) is 18.1 Å². The zero-order chi connectivity index (χ0) is 14.7. The highest BCUT2D eigenvalue weighted by molar-refractivity contribution is 6.32. The van der Waals surface area contributed by atoms with E-state index in [4.69, 9.17) is 20.8 Å². The second kappa shape index (κ2) is 6.22. The second-order valence-electron chi connectivity index (χ2n) is 5.06. The normalized spacial score (nSPS) is 16.0. The monoisotopic (exact) mass is 305 g/mol. The number of piperidine rings is 1. The number of rotatable bonds is 4. The average molecular weight is 306 g/mol. The zero-order valence-electron chi connectivity index (χ0n) is 11.5. The number of nitrogens with zero attached hydrogens (tertiary/aromatic N) is 1. The van der Waals surface area contributed by atoms with Crippen molar-refractivity contribution >= 4 is 23.8 Å². The van der Waals surface area contributed by atoms with Crippen LogP contribution >= 0.6 is 11.6 Å². The Balaban J connectivity index is 1.59. The van der Waals surface area contributed by atoms with Gasteiger partial charge in [-0.2, -0.15) is 0 Å². The van der Waals surface area contributed by atoms with E-state index in [-0.39, 0.29) is 6.10 Å². The third-order valence-electron chi connectivity index (χ3n) is 3.65. The maximum absolute atomic E-state index is 10.7. The lowest BCUT2D eigenvalue weighted by Gasteiger charge is -2.32. The molecule has 1 saturated heterocycles. The van der Waals surface area contributed by atoms with E-state index in [1.807, 2.05) is 12.1 Å². The smallest absolute Gasteiger partial charge is 0.195 e. The quantitative estimate of drug-likeness (QED) is 0.806. The fraction of sp³-hybridized carbons (Fsp3) is 0.312. The van der Waals surface area contributed by atoms with Crippen molar-refractivity contribution in [3.05, 3.63) is 47.2 Å². The molecule has 3 rings (SSSR count). The lowest BCUT2D eigenvalue weighted by molar-refractivity contribution is 0.112. The number of benzene rings is 1. The number of carbonyl (C=O) groups excluding carboxylic acids is 1. The first kappa shape index (κ1) is 14.0. The van der Waals surface area contributed by atoms with Gasteiger partial charge in [-0.15, -0.1) is 0 Å². The van der Waals surface area contributed by atoms with Crippen LogP contribution in [0.15, 0.2) is 41.0 Å². The highest BCUT2D eigenvalue weighted by Crippen LogP contribution is 2.29. The van der Waals surface area contributed by atoms with Gasteiger partial charge in [0.2, 0.25) is 0 Å². The number of ether oxygens (including phenoxy) is 1. The van der Waals surface area contributed by atoms with E-state index in [1.165, 1.54) is 0 Å². The molecular formula is C16H16ClNO3. The second-order valence-corrected chi connectivity index (χ2v) is 5.47. The van der Waals surface area contributed by atoms with E-state index < -0.39 is 0 Å². The molecule has 1 aliphatic heterocycles. The van der Waals surface area contributed by atoms with Crippen LogP contribution in [0.5, 0.6) is 5.75 Å². The van der Waals surface area contributed by atoms with Crippen LogP contribution in [0.4, 0.5) is 5.88 Å². The predicted molar refractivity (Wildman–Crippen MR) is 81.4 cm³/mol. The zero-order valence-corrected chi connectivity index (χ0v) is 12.3. The summed E-state index contributed by atoms with van der Waals surface area (Å²) in [6.45, 7) is 1.78. The molecule has 0 atom stereocenters. The average Bonchev–Trinajstić information content (AvgIpc) is 3.04. The third-order valence-corrected chi connectivity index (χ3v) is 3.94. The first-order valence-electron chi connectivity index (χ1n) is 6.96. The van der Waals surface area contributed by atoms with Crippen molar-refractivity contribution in [1.82, 2.24) is 0 Å². The van der Waals surface area contributed by atoms with E-state index in [9.17, 15) is 4.79 Å². The summed E-state index contributed by atoms with van der Waals surface area (Å²) in [6, 6.07) is 8.96. The molecule has 21 heavy (non-hydrogen) atoms. The molecule has 0 unspecified atom stereocenters. The van der Waals surface area contributed by atoms with Gasteiger partial charge >= 0.3 is 0 Å². The minimum absolute atomic E-state index is 0.135. The van der Waals surface area contributed by atoms with Gasteiger partial charge in [0.15, 0.2) is 5.88 Å². The molecule has 5 heteroatoms. The molecule has 1 aliphatic rings. The van der Waals surface area contributed by atoms with Crippen LogP contribution in [0.1, 0.15) is 23.2 Å². The van der Waals surface area contributed by atoms with Crippen molar-refractivity contribution in [2.24, 2.45) is 0 Å². The molecule has 2 aromatic rings. The first-order chi connectivity index (χ1) is 10.3. The van der Waals surface area contributed by atoms with E-state index in [0.29, 0.717) is 16.3 Å². The lowest BCUT2D eigenvalue weighted by Crippen LogP contribution is -2.38. The molecule has 1 aromatic carbocycles. The Morgan fingerprint density at radius 3 is 2.71 bits per heavy atom. The maximum Gasteiger partial charge on any atom is 0.195 e. The molecule has 0 N–H and O–H groups in total. The van der Waals surface area contributed by atoms with Crippen molar-refractivity contribution in [3.63, 3.8) is 0 Å². The van der Waals surface area contributed by atoms with Crippen molar-refractivity contribution in [1.29, 1.82) is 0 Å². The van der Waals surface area contributed by atoms with Crippen molar-refractivity contribution in [2.75, 3.05) is 18.0 Å². The minimum Gasteiger partial charge on any atom is -0.489 e. The molecule has 0 aliphatic carbocycles. The van der Waals surface area contributed by atoms with Crippen molar-refractivity contribution in [3.8, 4) is 5.75 Å². The first-order valence-corrected chi connectivity index (χ1v) is 7.34. The van der Waals surface area contributed by atoms with Gasteiger partial charge in [-0.05, 0) is 24.3 Å². The van der Waals surface area contributed by atoms with Gasteiger partial charge in [-0.25, -0.2) is 0 Å². The molecule has 2 heterocycles. The summed E-state index contributed by atoms with van der Waals surface area (Å²) in [6.07, 6.45) is 4.42. The van der Waals surface area contributed by atoms with Crippen molar-refractivity contribution in [2.45, 2.75) is 18.9 Å². The van der Waals surface area contributed by atoms with Crippen molar-refractivity contribution < 1.29 is 13.9 Å². The van der Waals surface area contributed by atoms with Crippen LogP contribution in [-0.4, -0.2) is 25.5 Å². The van der Waals surface area contributed by atoms with Crippen LogP contribution in [0.3, 0.4) is 0 Å². The molecular weight excluding hydrogens is 290 g/mol. The molecule has 0 bridgehead atoms. The van der Waals surface area contributed by atoms with Crippen LogP contribution in [0, 0.1) is 0 Å². The number of hydrogen-bond acceptors (Lipinski definition) is 4. The summed E-state index contributed by atoms with van der Waals surface area (Å²) in [4.78, 5) is 12.9. The SMILES string of the molecule is O=Cc1ccc(OC2CCN(c3ccco3)CC2)c(Cl)c1. The summed E-state index contributed by atoms with van der Waals surface area (Å²) in [5, 5.41) is 0.480. The Bertz CT molecular complexity index is 604. The molecule has 110 valence electrons. The van der Waals surface area contributed by atoms with E-state index in [2.05, 4.69) is 4.90 Å². The van der Waals surface area contributed by atoms with E-state index in [0.717, 1.165) is 38.1 Å². The highest BCUT2D eigenvalue weighted by atomic mass is 35.5. The Labute approximate surface area is 128 Å². The standard InChI is InChI=1S/C16H16ClNO3/c17-14-10-12(11-19)3-4-15(14)21-13-5-7-18(8-6-13)16-2-1-9-20-16/h1-4,9-11,13H,5-8H2. The van der Waals surface area contributed by atoms with E-state index in [1.54, 1.807) is 24.5 Å². The molecule has 0 radical (unpaired) electrons. The Morgan fingerprint density at radius 2 is 2.10 bits per heavy atom. The number of halogens is 1. The minimum atomic E-state index is 0.135. The predicted octanol–water partition coefficient (Wildman–Crippen LogP) is 3.79. The van der Waals surface area contributed by atoms with Gasteiger partial charge in [-0.1, -0.05) is 11.6 Å². The fourth-order valence-electron chi connectivity index (χ4n) is 2.51. The van der Waals surface area contributed by atoms with Gasteiger partial charge in [0, 0.05) is 37.6 Å². The van der Waals surface area contributed by atoms with Gasteiger partial charge in [-0.3, -0.25) is 4.79 Å². The molecule has 0 saturated carbocycles. The lowest BCUT2D eigenvalue weighted by atomic mass is 10.1. The van der Waals surface area contributed by atoms with Gasteiger partial charge in [0.25, 0.3) is 0 Å². The molecule has 4 nitrogen and oxygen atoms in total. The van der Waals surface area contributed by atoms with Crippen LogP contribution in [0.2, 0.25) is 5.02 Å². The number of aldehydes is 1. The Hall–Kier alpha value is -1.94. The van der Waals surface area contributed by atoms with Crippen LogP contribution in [0.25, 0.3) is 0 Å². The fourth-order valence-corrected chi connectivity index (χ4v) is 2.74. The number of anilines is 1. The van der Waals surface area contributed by atoms with Gasteiger partial charge < -0.3 is 14.1 Å². The maximum atomic E-state index is 10.7. The molecule has 1 fully saturated rings. The molecule has 0 amide bonds. The van der Waals surface area contributed by atoms with Crippen LogP contribution in [-0.2, 0) is 0 Å². The topological polar surface area (TPSA) is 42.7 Å². The third kappa shape index (κ3) is 3.22. The highest BCUT2D eigenvalue weighted by Gasteiger charge is 2.22. The summed E-state index contributed by atoms with van der Waals surface area (Å²) >= 11 is 6.13. The molecule has 0 spiro atoms. The summed E-state index contributed by atoms with van der Waals surface area (Å²) in [5.74, 6) is 1.54. The summed E-state index contributed by atoms with van der Waals surface area (Å²) < 4.78 is 11.3. The molecule has 1 aromatic heterocycles. The Morgan fingerprint density at radius 1 is 1.29 bits per heavy atom. The van der Waals surface area contributed by atoms with Gasteiger partial charge in [0.05, 0.1) is 11.3 Å².